The quantitative estimate of drug-likeness (QED) is 0.529. The monoisotopic (exact) mass is 433 g/mol. The Labute approximate surface area is 179 Å². The van der Waals surface area contributed by atoms with E-state index in [1.165, 1.54) is 13.1 Å². The van der Waals surface area contributed by atoms with E-state index in [-0.39, 0.29) is 16.2 Å². The molecule has 30 heavy (non-hydrogen) atoms. The van der Waals surface area contributed by atoms with Crippen LogP contribution in [0.3, 0.4) is 0 Å². The standard InChI is InChI=1S/C22H31N3O4S/c1-4-6-13-25(14-7-5-2)19-15-17(22(23)26)16-20(30(27,28)24-3)21(19)29-18-11-9-8-10-12-18/h8-12,15-16,24H,4-7,13-14H2,1-3H3,(H2,23,26). The maximum Gasteiger partial charge on any atom is 0.248 e. The first kappa shape index (κ1) is 23.7. The Bertz CT molecular complexity index is 938. The summed E-state index contributed by atoms with van der Waals surface area (Å²) in [5.41, 5.74) is 6.20. The molecule has 0 bridgehead atoms. The molecule has 0 aliphatic carbocycles. The molecule has 2 rings (SSSR count). The molecule has 0 spiro atoms. The minimum Gasteiger partial charge on any atom is -0.454 e. The van der Waals surface area contributed by atoms with Gasteiger partial charge in [0.05, 0.1) is 5.69 Å². The second-order valence-corrected chi connectivity index (χ2v) is 8.86. The fraction of sp³-hybridized carbons (Fsp3) is 0.409. The van der Waals surface area contributed by atoms with Crippen molar-refractivity contribution in [1.82, 2.24) is 4.72 Å². The van der Waals surface area contributed by atoms with Gasteiger partial charge in [0.1, 0.15) is 10.6 Å². The number of unbranched alkanes of at least 4 members (excludes halogenated alkanes) is 2. The molecule has 0 fully saturated rings. The lowest BCUT2D eigenvalue weighted by molar-refractivity contribution is 0.1000. The number of benzene rings is 2. The summed E-state index contributed by atoms with van der Waals surface area (Å²) in [5.74, 6) is -0.00202. The van der Waals surface area contributed by atoms with Crippen LogP contribution < -0.4 is 20.1 Å². The van der Waals surface area contributed by atoms with Gasteiger partial charge in [0.25, 0.3) is 0 Å². The molecule has 0 heterocycles. The van der Waals surface area contributed by atoms with Crippen LogP contribution in [0.2, 0.25) is 0 Å². The van der Waals surface area contributed by atoms with Gasteiger partial charge in [-0.15, -0.1) is 0 Å². The molecular weight excluding hydrogens is 402 g/mol. The normalized spacial score (nSPS) is 11.3. The topological polar surface area (TPSA) is 102 Å². The van der Waals surface area contributed by atoms with Crippen molar-refractivity contribution < 1.29 is 17.9 Å². The highest BCUT2D eigenvalue weighted by Crippen LogP contribution is 2.40. The van der Waals surface area contributed by atoms with Gasteiger partial charge in [-0.1, -0.05) is 44.9 Å². The van der Waals surface area contributed by atoms with Gasteiger partial charge in [-0.25, -0.2) is 13.1 Å². The summed E-state index contributed by atoms with van der Waals surface area (Å²) in [6, 6.07) is 11.9. The number of carbonyl (C=O) groups is 1. The van der Waals surface area contributed by atoms with Crippen LogP contribution in [0.15, 0.2) is 47.4 Å². The maximum atomic E-state index is 12.8. The number of nitrogens with zero attached hydrogens (tertiary/aromatic N) is 1. The summed E-state index contributed by atoms with van der Waals surface area (Å²) < 4.78 is 34.1. The molecule has 1 amide bonds. The van der Waals surface area contributed by atoms with Gasteiger partial charge >= 0.3 is 0 Å². The van der Waals surface area contributed by atoms with Gasteiger partial charge in [0.2, 0.25) is 15.9 Å². The van der Waals surface area contributed by atoms with Crippen molar-refractivity contribution in [2.45, 2.75) is 44.4 Å². The van der Waals surface area contributed by atoms with Crippen LogP contribution in [-0.4, -0.2) is 34.5 Å². The molecule has 0 saturated carbocycles. The van der Waals surface area contributed by atoms with E-state index >= 15 is 0 Å². The number of nitrogens with two attached hydrogens (primary N) is 1. The van der Waals surface area contributed by atoms with E-state index in [1.807, 2.05) is 18.2 Å². The van der Waals surface area contributed by atoms with Gasteiger partial charge in [-0.3, -0.25) is 4.79 Å². The summed E-state index contributed by atoms with van der Waals surface area (Å²) in [4.78, 5) is 14.0. The van der Waals surface area contributed by atoms with Crippen LogP contribution >= 0.6 is 0 Å². The van der Waals surface area contributed by atoms with Crippen molar-refractivity contribution in [3.05, 3.63) is 48.0 Å². The van der Waals surface area contributed by atoms with E-state index in [0.717, 1.165) is 25.7 Å². The lowest BCUT2D eigenvalue weighted by Crippen LogP contribution is -2.28. The Hall–Kier alpha value is -2.58. The number of carbonyl (C=O) groups excluding carboxylic acids is 1. The van der Waals surface area contributed by atoms with Crippen molar-refractivity contribution in [1.29, 1.82) is 0 Å². The minimum atomic E-state index is -3.91. The van der Waals surface area contributed by atoms with Gasteiger partial charge < -0.3 is 15.4 Å². The number of ether oxygens (including phenoxy) is 1. The predicted molar refractivity (Wildman–Crippen MR) is 120 cm³/mol. The van der Waals surface area contributed by atoms with Crippen LogP contribution in [0.25, 0.3) is 0 Å². The summed E-state index contributed by atoms with van der Waals surface area (Å²) in [7, 11) is -2.59. The lowest BCUT2D eigenvalue weighted by Gasteiger charge is -2.28. The second-order valence-electron chi connectivity index (χ2n) is 7.00. The van der Waals surface area contributed by atoms with E-state index in [1.54, 1.807) is 18.2 Å². The molecule has 7 nitrogen and oxygen atoms in total. The number of nitrogens with one attached hydrogen (secondary N) is 1. The molecule has 3 N–H and O–H groups in total. The molecular formula is C22H31N3O4S. The van der Waals surface area contributed by atoms with Crippen LogP contribution in [-0.2, 0) is 10.0 Å². The molecule has 8 heteroatoms. The van der Waals surface area contributed by atoms with Crippen LogP contribution in [0, 0.1) is 0 Å². The first-order valence-corrected chi connectivity index (χ1v) is 11.7. The zero-order valence-corrected chi connectivity index (χ0v) is 18.7. The van der Waals surface area contributed by atoms with Crippen molar-refractivity contribution in [2.24, 2.45) is 5.73 Å². The fourth-order valence-corrected chi connectivity index (χ4v) is 3.93. The smallest absolute Gasteiger partial charge is 0.248 e. The van der Waals surface area contributed by atoms with E-state index < -0.39 is 15.9 Å². The third kappa shape index (κ3) is 5.96. The predicted octanol–water partition coefficient (Wildman–Crippen LogP) is 3.89. The maximum absolute atomic E-state index is 12.8. The number of amides is 1. The first-order valence-electron chi connectivity index (χ1n) is 10.2. The van der Waals surface area contributed by atoms with Crippen molar-refractivity contribution in [2.75, 3.05) is 25.0 Å². The number of rotatable bonds is 12. The van der Waals surface area contributed by atoms with Crippen LogP contribution in [0.5, 0.6) is 11.5 Å². The summed E-state index contributed by atoms with van der Waals surface area (Å²) >= 11 is 0. The highest BCUT2D eigenvalue weighted by Gasteiger charge is 2.27. The Kier molecular flexibility index (Phi) is 8.68. The number of hydrogen-bond donors (Lipinski definition) is 2. The highest BCUT2D eigenvalue weighted by molar-refractivity contribution is 7.89. The third-order valence-corrected chi connectivity index (χ3v) is 6.16. The molecule has 0 aliphatic rings. The number of sulfonamides is 1. The van der Waals surface area contributed by atoms with E-state index in [0.29, 0.717) is 24.5 Å². The molecule has 0 unspecified atom stereocenters. The van der Waals surface area contributed by atoms with E-state index in [9.17, 15) is 13.2 Å². The Balaban J connectivity index is 2.75. The number of para-hydroxylation sites is 1. The molecule has 0 aliphatic heterocycles. The second kappa shape index (κ2) is 11.0. The number of anilines is 1. The Morgan fingerprint density at radius 2 is 1.67 bits per heavy atom. The Morgan fingerprint density at radius 1 is 1.07 bits per heavy atom. The largest absolute Gasteiger partial charge is 0.454 e. The Morgan fingerprint density at radius 3 is 2.17 bits per heavy atom. The SMILES string of the molecule is CCCCN(CCCC)c1cc(C(N)=O)cc(S(=O)(=O)NC)c1Oc1ccccc1. The number of hydrogen-bond acceptors (Lipinski definition) is 5. The molecule has 2 aromatic rings. The summed E-state index contributed by atoms with van der Waals surface area (Å²) in [5, 5.41) is 0. The van der Waals surface area contributed by atoms with Crippen molar-refractivity contribution in [3.63, 3.8) is 0 Å². The zero-order chi connectivity index (χ0) is 22.1. The molecule has 0 radical (unpaired) electrons. The van der Waals surface area contributed by atoms with Gasteiger partial charge in [0, 0.05) is 18.7 Å². The number of primary amides is 1. The molecule has 2 aromatic carbocycles. The minimum absolute atomic E-state index is 0.113. The van der Waals surface area contributed by atoms with Gasteiger partial charge in [-0.2, -0.15) is 0 Å². The lowest BCUT2D eigenvalue weighted by atomic mass is 10.1. The van der Waals surface area contributed by atoms with Crippen molar-refractivity contribution in [3.8, 4) is 11.5 Å². The zero-order valence-electron chi connectivity index (χ0n) is 17.8. The van der Waals surface area contributed by atoms with Crippen molar-refractivity contribution >= 4 is 21.6 Å². The van der Waals surface area contributed by atoms with Crippen LogP contribution in [0.1, 0.15) is 49.9 Å². The molecule has 0 aromatic heterocycles. The van der Waals surface area contributed by atoms with E-state index in [4.69, 9.17) is 10.5 Å². The molecule has 164 valence electrons. The molecule has 0 saturated heterocycles. The average Bonchev–Trinajstić information content (AvgIpc) is 2.74. The average molecular weight is 434 g/mol. The van der Waals surface area contributed by atoms with E-state index in [2.05, 4.69) is 23.5 Å². The van der Waals surface area contributed by atoms with Gasteiger partial charge in [-0.05, 0) is 44.2 Å². The summed E-state index contributed by atoms with van der Waals surface area (Å²) in [6.45, 7) is 5.61. The third-order valence-electron chi connectivity index (χ3n) is 4.74. The fourth-order valence-electron chi connectivity index (χ4n) is 3.03. The van der Waals surface area contributed by atoms with Crippen LogP contribution in [0.4, 0.5) is 5.69 Å². The first-order chi connectivity index (χ1) is 14.3. The summed E-state index contributed by atoms with van der Waals surface area (Å²) in [6.07, 6.45) is 3.80. The van der Waals surface area contributed by atoms with Gasteiger partial charge in [0.15, 0.2) is 5.75 Å². The molecule has 0 atom stereocenters. The highest BCUT2D eigenvalue weighted by atomic mass is 32.2.